The van der Waals surface area contributed by atoms with Gasteiger partial charge < -0.3 is 9.16 Å². The van der Waals surface area contributed by atoms with Gasteiger partial charge in [0.05, 0.1) is 12.7 Å². The first-order valence-electron chi connectivity index (χ1n) is 7.43. The molecule has 0 N–H and O–H groups in total. The third-order valence-corrected chi connectivity index (χ3v) is 5.06. The van der Waals surface area contributed by atoms with E-state index in [-0.39, 0.29) is 11.5 Å². The van der Waals surface area contributed by atoms with E-state index in [1.807, 2.05) is 0 Å². The molecule has 0 saturated heterocycles. The maximum atomic E-state index is 6.13. The summed E-state index contributed by atoms with van der Waals surface area (Å²) in [7, 11) is -0.685. The molecule has 1 radical (unpaired) electrons. The number of hydrogen-bond donors (Lipinski definition) is 0. The van der Waals surface area contributed by atoms with E-state index < -0.39 is 9.04 Å². The van der Waals surface area contributed by atoms with E-state index in [0.29, 0.717) is 6.61 Å². The topological polar surface area (TPSA) is 18.5 Å². The molecular weight excluding hydrogens is 296 g/mol. The summed E-state index contributed by atoms with van der Waals surface area (Å²) in [4.78, 5) is 0. The number of rotatable bonds is 6. The fraction of sp³-hybridized carbons (Fsp3) is 0.529. The van der Waals surface area contributed by atoms with Gasteiger partial charge in [0.2, 0.25) is 9.04 Å². The molecular formula is C17H25O2SSi. The molecule has 115 valence electrons. The molecule has 0 bridgehead atoms. The molecule has 2 rings (SSSR count). The lowest BCUT2D eigenvalue weighted by Crippen LogP contribution is -2.34. The van der Waals surface area contributed by atoms with Crippen LogP contribution in [-0.4, -0.2) is 21.8 Å². The van der Waals surface area contributed by atoms with Crippen molar-refractivity contribution in [3.05, 3.63) is 29.6 Å². The van der Waals surface area contributed by atoms with Gasteiger partial charge in [-0.25, -0.2) is 0 Å². The molecule has 0 aliphatic heterocycles. The SMILES string of the molecule is C[Si](C)OC(CCOc1ccc2ccsc2c1)C(C)(C)C. The molecule has 2 aromatic rings. The molecule has 1 aromatic carbocycles. The Bertz CT molecular complexity index is 571. The monoisotopic (exact) mass is 321 g/mol. The molecule has 0 amide bonds. The maximum Gasteiger partial charge on any atom is 0.205 e. The quantitative estimate of drug-likeness (QED) is 0.667. The van der Waals surface area contributed by atoms with Gasteiger partial charge >= 0.3 is 0 Å². The van der Waals surface area contributed by atoms with E-state index in [0.717, 1.165) is 12.2 Å². The second kappa shape index (κ2) is 6.94. The van der Waals surface area contributed by atoms with Crippen molar-refractivity contribution < 1.29 is 9.16 Å². The van der Waals surface area contributed by atoms with Gasteiger partial charge in [0, 0.05) is 11.1 Å². The van der Waals surface area contributed by atoms with Crippen molar-refractivity contribution in [2.45, 2.75) is 46.4 Å². The molecule has 1 heterocycles. The average molecular weight is 322 g/mol. The zero-order valence-electron chi connectivity index (χ0n) is 13.6. The second-order valence-electron chi connectivity index (χ2n) is 6.64. The fourth-order valence-corrected chi connectivity index (χ4v) is 4.12. The van der Waals surface area contributed by atoms with Crippen LogP contribution in [0.5, 0.6) is 5.75 Å². The van der Waals surface area contributed by atoms with Crippen LogP contribution < -0.4 is 4.74 Å². The first-order valence-corrected chi connectivity index (χ1v) is 10.7. The van der Waals surface area contributed by atoms with Crippen LogP contribution in [0.3, 0.4) is 0 Å². The van der Waals surface area contributed by atoms with E-state index in [1.54, 1.807) is 11.3 Å². The van der Waals surface area contributed by atoms with Crippen LogP contribution >= 0.6 is 11.3 Å². The van der Waals surface area contributed by atoms with Gasteiger partial charge in [0.15, 0.2) is 0 Å². The number of thiophene rings is 1. The third-order valence-electron chi connectivity index (χ3n) is 3.42. The highest BCUT2D eigenvalue weighted by Crippen LogP contribution is 2.28. The zero-order chi connectivity index (χ0) is 15.5. The van der Waals surface area contributed by atoms with Crippen molar-refractivity contribution in [1.29, 1.82) is 0 Å². The smallest absolute Gasteiger partial charge is 0.205 e. The lowest BCUT2D eigenvalue weighted by Gasteiger charge is -2.32. The normalized spacial score (nSPS) is 13.8. The minimum absolute atomic E-state index is 0.156. The number of fused-ring (bicyclic) bond motifs is 1. The summed E-state index contributed by atoms with van der Waals surface area (Å²) >= 11 is 1.75. The van der Waals surface area contributed by atoms with Crippen LogP contribution in [0.4, 0.5) is 0 Å². The Morgan fingerprint density at radius 3 is 2.62 bits per heavy atom. The zero-order valence-corrected chi connectivity index (χ0v) is 15.4. The van der Waals surface area contributed by atoms with E-state index in [9.17, 15) is 0 Å². The molecule has 2 nitrogen and oxygen atoms in total. The van der Waals surface area contributed by atoms with Crippen molar-refractivity contribution in [3.8, 4) is 5.75 Å². The van der Waals surface area contributed by atoms with Gasteiger partial charge in [-0.1, -0.05) is 20.8 Å². The molecule has 0 fully saturated rings. The van der Waals surface area contributed by atoms with Crippen LogP contribution in [0.25, 0.3) is 10.1 Å². The average Bonchev–Trinajstić information content (AvgIpc) is 2.83. The van der Waals surface area contributed by atoms with Crippen molar-refractivity contribution in [2.24, 2.45) is 5.41 Å². The van der Waals surface area contributed by atoms with Crippen molar-refractivity contribution in [2.75, 3.05) is 6.61 Å². The van der Waals surface area contributed by atoms with E-state index in [2.05, 4.69) is 63.5 Å². The number of hydrogen-bond acceptors (Lipinski definition) is 3. The summed E-state index contributed by atoms with van der Waals surface area (Å²) in [5, 5.41) is 3.40. The first kappa shape index (κ1) is 16.5. The predicted octanol–water partition coefficient (Wildman–Crippen LogP) is 5.35. The van der Waals surface area contributed by atoms with Gasteiger partial charge in [0.25, 0.3) is 0 Å². The summed E-state index contributed by atoms with van der Waals surface area (Å²) in [6.45, 7) is 11.8. The van der Waals surface area contributed by atoms with E-state index in [1.165, 1.54) is 10.1 Å². The lowest BCUT2D eigenvalue weighted by molar-refractivity contribution is 0.0646. The van der Waals surface area contributed by atoms with Crippen LogP contribution in [0.15, 0.2) is 29.6 Å². The van der Waals surface area contributed by atoms with Crippen LogP contribution in [0, 0.1) is 5.41 Å². The Labute approximate surface area is 133 Å². The molecule has 0 aliphatic rings. The third kappa shape index (κ3) is 4.83. The fourth-order valence-electron chi connectivity index (χ4n) is 2.26. The standard InChI is InChI=1S/C17H25O2SSi/c1-17(2,3)16(19-21(4)5)8-10-18-14-7-6-13-9-11-20-15(13)12-14/h6-7,9,11-12,16H,8,10H2,1-5H3. The van der Waals surface area contributed by atoms with Gasteiger partial charge in [0.1, 0.15) is 5.75 Å². The Balaban J connectivity index is 1.91. The largest absolute Gasteiger partial charge is 0.493 e. The molecule has 1 atom stereocenters. The molecule has 1 unspecified atom stereocenters. The molecule has 0 aliphatic carbocycles. The minimum Gasteiger partial charge on any atom is -0.493 e. The molecule has 4 heteroatoms. The Hall–Kier alpha value is -0.843. The van der Waals surface area contributed by atoms with E-state index in [4.69, 9.17) is 9.16 Å². The Morgan fingerprint density at radius 1 is 1.19 bits per heavy atom. The second-order valence-corrected chi connectivity index (χ2v) is 9.64. The van der Waals surface area contributed by atoms with Gasteiger partial charge in [-0.05, 0) is 53.5 Å². The highest BCUT2D eigenvalue weighted by Gasteiger charge is 2.26. The molecule has 0 saturated carbocycles. The summed E-state index contributed by atoms with van der Waals surface area (Å²) in [5.41, 5.74) is 0.156. The van der Waals surface area contributed by atoms with Crippen molar-refractivity contribution >= 4 is 30.5 Å². The van der Waals surface area contributed by atoms with Crippen LogP contribution in [-0.2, 0) is 4.43 Å². The summed E-state index contributed by atoms with van der Waals surface area (Å²) in [6, 6.07) is 8.44. The summed E-state index contributed by atoms with van der Waals surface area (Å²) in [5.74, 6) is 0.955. The molecule has 1 aromatic heterocycles. The van der Waals surface area contributed by atoms with Gasteiger partial charge in [-0.2, -0.15) is 0 Å². The maximum absolute atomic E-state index is 6.13. The van der Waals surface area contributed by atoms with Gasteiger partial charge in [-0.3, -0.25) is 0 Å². The Kier molecular flexibility index (Phi) is 5.46. The molecule has 0 spiro atoms. The Morgan fingerprint density at radius 2 is 1.95 bits per heavy atom. The highest BCUT2D eigenvalue weighted by atomic mass is 32.1. The van der Waals surface area contributed by atoms with Crippen molar-refractivity contribution in [1.82, 2.24) is 0 Å². The minimum atomic E-state index is -0.685. The summed E-state index contributed by atoms with van der Waals surface area (Å²) < 4.78 is 13.3. The van der Waals surface area contributed by atoms with Crippen LogP contribution in [0.2, 0.25) is 13.1 Å². The lowest BCUT2D eigenvalue weighted by atomic mass is 9.87. The highest BCUT2D eigenvalue weighted by molar-refractivity contribution is 7.17. The number of ether oxygens (including phenoxy) is 1. The summed E-state index contributed by atoms with van der Waals surface area (Å²) in [6.07, 6.45) is 1.19. The number of benzene rings is 1. The molecule has 21 heavy (non-hydrogen) atoms. The van der Waals surface area contributed by atoms with Crippen molar-refractivity contribution in [3.63, 3.8) is 0 Å². The van der Waals surface area contributed by atoms with Gasteiger partial charge in [-0.15, -0.1) is 11.3 Å². The predicted molar refractivity (Wildman–Crippen MR) is 93.7 cm³/mol. The van der Waals surface area contributed by atoms with E-state index >= 15 is 0 Å². The van der Waals surface area contributed by atoms with Crippen LogP contribution in [0.1, 0.15) is 27.2 Å². The first-order chi connectivity index (χ1) is 9.86.